The highest BCUT2D eigenvalue weighted by Crippen LogP contribution is 2.26. The van der Waals surface area contributed by atoms with Crippen molar-refractivity contribution in [2.75, 3.05) is 0 Å². The van der Waals surface area contributed by atoms with Gasteiger partial charge in [-0.3, -0.25) is 4.98 Å². The van der Waals surface area contributed by atoms with E-state index in [4.69, 9.17) is 5.73 Å². The Kier molecular flexibility index (Phi) is 3.60. The van der Waals surface area contributed by atoms with Crippen molar-refractivity contribution in [3.05, 3.63) is 63.4 Å². The molecule has 1 aromatic carbocycles. The third kappa shape index (κ3) is 2.56. The van der Waals surface area contributed by atoms with Gasteiger partial charge in [0.15, 0.2) is 0 Å². The molecule has 0 aliphatic rings. The maximum Gasteiger partial charge on any atom is 0.0572 e. The number of rotatable bonds is 2. The fraction of sp³-hybridized carbons (Fsp3) is 0.214. The van der Waals surface area contributed by atoms with E-state index in [1.165, 1.54) is 11.1 Å². The number of aryl methyl sites for hydroxylation is 2. The fourth-order valence-electron chi connectivity index (χ4n) is 1.92. The molecular weight excluding hydrogens is 276 g/mol. The van der Waals surface area contributed by atoms with E-state index >= 15 is 0 Å². The molecule has 0 spiro atoms. The fourth-order valence-corrected chi connectivity index (χ4v) is 2.29. The average molecular weight is 291 g/mol. The molecule has 0 radical (unpaired) electrons. The predicted octanol–water partition coefficient (Wildman–Crippen LogP) is 3.51. The van der Waals surface area contributed by atoms with Gasteiger partial charge < -0.3 is 5.73 Å². The molecule has 2 aromatic rings. The monoisotopic (exact) mass is 290 g/mol. The van der Waals surface area contributed by atoms with Crippen molar-refractivity contribution < 1.29 is 0 Å². The van der Waals surface area contributed by atoms with E-state index in [9.17, 15) is 0 Å². The van der Waals surface area contributed by atoms with Gasteiger partial charge >= 0.3 is 0 Å². The van der Waals surface area contributed by atoms with Crippen molar-refractivity contribution in [2.45, 2.75) is 19.9 Å². The normalized spacial score (nSPS) is 12.5. The second kappa shape index (κ2) is 4.98. The maximum atomic E-state index is 6.33. The first-order chi connectivity index (χ1) is 8.09. The van der Waals surface area contributed by atoms with Gasteiger partial charge in [0.25, 0.3) is 0 Å². The maximum absolute atomic E-state index is 6.33. The van der Waals surface area contributed by atoms with E-state index in [-0.39, 0.29) is 6.04 Å². The minimum absolute atomic E-state index is 0.124. The van der Waals surface area contributed by atoms with Crippen molar-refractivity contribution in [1.82, 2.24) is 4.98 Å². The zero-order valence-electron chi connectivity index (χ0n) is 9.94. The molecule has 0 aliphatic carbocycles. The molecular formula is C14H15BrN2. The summed E-state index contributed by atoms with van der Waals surface area (Å²) >= 11 is 3.48. The average Bonchev–Trinajstić information content (AvgIpc) is 2.32. The Balaban J connectivity index is 2.47. The quantitative estimate of drug-likeness (QED) is 0.919. The van der Waals surface area contributed by atoms with E-state index in [1.807, 2.05) is 18.3 Å². The molecule has 88 valence electrons. The molecule has 2 N–H and O–H groups in total. The van der Waals surface area contributed by atoms with Gasteiger partial charge in [-0.15, -0.1) is 0 Å². The Hall–Kier alpha value is -1.19. The minimum Gasteiger partial charge on any atom is -0.320 e. The highest BCUT2D eigenvalue weighted by molar-refractivity contribution is 9.10. The number of hydrogen-bond donors (Lipinski definition) is 1. The van der Waals surface area contributed by atoms with Crippen LogP contribution in [0, 0.1) is 13.8 Å². The topological polar surface area (TPSA) is 38.9 Å². The summed E-state index contributed by atoms with van der Waals surface area (Å²) in [5.74, 6) is 0. The predicted molar refractivity (Wildman–Crippen MR) is 73.9 cm³/mol. The van der Waals surface area contributed by atoms with Gasteiger partial charge in [0.05, 0.1) is 6.04 Å². The molecule has 0 amide bonds. The number of benzene rings is 1. The van der Waals surface area contributed by atoms with Crippen molar-refractivity contribution in [2.24, 2.45) is 5.73 Å². The van der Waals surface area contributed by atoms with Gasteiger partial charge in [-0.25, -0.2) is 0 Å². The number of nitrogens with two attached hydrogens (primary N) is 1. The standard InChI is InChI=1S/C14H15BrN2/c1-9-3-4-11(15)7-12(9)14(16)13-8-17-6-5-10(13)2/h3-8,14H,16H2,1-2H3. The molecule has 3 heteroatoms. The second-order valence-corrected chi connectivity index (χ2v) is 5.13. The Bertz CT molecular complexity index is 537. The first kappa shape index (κ1) is 12.3. The van der Waals surface area contributed by atoms with Gasteiger partial charge in [0, 0.05) is 16.9 Å². The van der Waals surface area contributed by atoms with Gasteiger partial charge in [-0.1, -0.05) is 22.0 Å². The molecule has 0 fully saturated rings. The Labute approximate surface area is 110 Å². The SMILES string of the molecule is Cc1ccncc1C(N)c1cc(Br)ccc1C. The van der Waals surface area contributed by atoms with Crippen LogP contribution in [0.2, 0.25) is 0 Å². The molecule has 0 bridgehead atoms. The first-order valence-corrected chi connectivity index (χ1v) is 6.31. The third-order valence-electron chi connectivity index (χ3n) is 2.99. The summed E-state index contributed by atoms with van der Waals surface area (Å²) in [6.07, 6.45) is 3.64. The molecule has 2 rings (SSSR count). The summed E-state index contributed by atoms with van der Waals surface area (Å²) in [7, 11) is 0. The van der Waals surface area contributed by atoms with Crippen LogP contribution in [0.1, 0.15) is 28.3 Å². The van der Waals surface area contributed by atoms with Gasteiger partial charge in [-0.05, 0) is 54.3 Å². The number of nitrogens with zero attached hydrogens (tertiary/aromatic N) is 1. The highest BCUT2D eigenvalue weighted by atomic mass is 79.9. The van der Waals surface area contributed by atoms with Crippen LogP contribution in [0.3, 0.4) is 0 Å². The van der Waals surface area contributed by atoms with Crippen LogP contribution < -0.4 is 5.73 Å². The molecule has 0 aliphatic heterocycles. The van der Waals surface area contributed by atoms with Crippen LogP contribution in [-0.4, -0.2) is 4.98 Å². The van der Waals surface area contributed by atoms with Crippen LogP contribution in [-0.2, 0) is 0 Å². The smallest absolute Gasteiger partial charge is 0.0572 e. The largest absolute Gasteiger partial charge is 0.320 e. The van der Waals surface area contributed by atoms with E-state index in [1.54, 1.807) is 6.20 Å². The Morgan fingerprint density at radius 3 is 2.53 bits per heavy atom. The van der Waals surface area contributed by atoms with Crippen molar-refractivity contribution in [3.8, 4) is 0 Å². The number of hydrogen-bond acceptors (Lipinski definition) is 2. The Morgan fingerprint density at radius 1 is 1.12 bits per heavy atom. The van der Waals surface area contributed by atoms with Gasteiger partial charge in [0.2, 0.25) is 0 Å². The van der Waals surface area contributed by atoms with Crippen LogP contribution in [0.15, 0.2) is 41.1 Å². The molecule has 1 heterocycles. The summed E-state index contributed by atoms with van der Waals surface area (Å²) in [6, 6.07) is 8.04. The van der Waals surface area contributed by atoms with E-state index in [0.717, 1.165) is 15.6 Å². The number of pyridine rings is 1. The zero-order valence-corrected chi connectivity index (χ0v) is 11.5. The van der Waals surface area contributed by atoms with E-state index in [0.29, 0.717) is 0 Å². The number of aromatic nitrogens is 1. The van der Waals surface area contributed by atoms with Crippen molar-refractivity contribution in [1.29, 1.82) is 0 Å². The summed E-state index contributed by atoms with van der Waals surface area (Å²) in [5.41, 5.74) is 10.9. The van der Waals surface area contributed by atoms with Gasteiger partial charge in [0.1, 0.15) is 0 Å². The third-order valence-corrected chi connectivity index (χ3v) is 3.48. The molecule has 0 saturated heterocycles. The van der Waals surface area contributed by atoms with Crippen LogP contribution in [0.25, 0.3) is 0 Å². The lowest BCUT2D eigenvalue weighted by atomic mass is 9.94. The second-order valence-electron chi connectivity index (χ2n) is 4.21. The van der Waals surface area contributed by atoms with Crippen LogP contribution >= 0.6 is 15.9 Å². The molecule has 0 saturated carbocycles. The van der Waals surface area contributed by atoms with Crippen molar-refractivity contribution >= 4 is 15.9 Å². The molecule has 17 heavy (non-hydrogen) atoms. The van der Waals surface area contributed by atoms with E-state index in [2.05, 4.69) is 46.9 Å². The lowest BCUT2D eigenvalue weighted by Crippen LogP contribution is -2.14. The summed E-state index contributed by atoms with van der Waals surface area (Å²) in [6.45, 7) is 4.14. The van der Waals surface area contributed by atoms with Gasteiger partial charge in [-0.2, -0.15) is 0 Å². The van der Waals surface area contributed by atoms with Crippen molar-refractivity contribution in [3.63, 3.8) is 0 Å². The zero-order chi connectivity index (χ0) is 12.4. The lowest BCUT2D eigenvalue weighted by Gasteiger charge is -2.17. The lowest BCUT2D eigenvalue weighted by molar-refractivity contribution is 0.843. The minimum atomic E-state index is -0.124. The first-order valence-electron chi connectivity index (χ1n) is 5.51. The molecule has 1 aromatic heterocycles. The summed E-state index contributed by atoms with van der Waals surface area (Å²) in [5, 5.41) is 0. The summed E-state index contributed by atoms with van der Waals surface area (Å²) < 4.78 is 1.05. The number of halogens is 1. The molecule has 2 nitrogen and oxygen atoms in total. The summed E-state index contributed by atoms with van der Waals surface area (Å²) in [4.78, 5) is 4.15. The highest BCUT2D eigenvalue weighted by Gasteiger charge is 2.13. The molecule has 1 atom stereocenters. The molecule has 1 unspecified atom stereocenters. The van der Waals surface area contributed by atoms with E-state index < -0.39 is 0 Å². The Morgan fingerprint density at radius 2 is 1.82 bits per heavy atom. The van der Waals surface area contributed by atoms with Crippen LogP contribution in [0.4, 0.5) is 0 Å². The van der Waals surface area contributed by atoms with Crippen LogP contribution in [0.5, 0.6) is 0 Å².